The predicted molar refractivity (Wildman–Crippen MR) is 63.1 cm³/mol. The average molecular weight is 229 g/mol. The van der Waals surface area contributed by atoms with Gasteiger partial charge in [0, 0.05) is 13.1 Å². The van der Waals surface area contributed by atoms with Gasteiger partial charge in [-0.1, -0.05) is 13.0 Å². The third-order valence-electron chi connectivity index (χ3n) is 2.77. The molecule has 0 saturated carbocycles. The second-order valence-electron chi connectivity index (χ2n) is 4.11. The molecule has 0 amide bonds. The Kier molecular flexibility index (Phi) is 6.40. The normalized spacial score (nSPS) is 25.8. The van der Waals surface area contributed by atoms with Gasteiger partial charge in [0.25, 0.3) is 0 Å². The topological polar surface area (TPSA) is 56.8 Å². The molecule has 1 fully saturated rings. The highest BCUT2D eigenvalue weighted by Crippen LogP contribution is 2.18. The Bertz CT molecular complexity index is 211. The summed E-state index contributed by atoms with van der Waals surface area (Å²) in [7, 11) is 2.11. The van der Waals surface area contributed by atoms with Gasteiger partial charge in [-0.3, -0.25) is 0 Å². The van der Waals surface area contributed by atoms with Crippen molar-refractivity contribution >= 4 is 0 Å². The lowest BCUT2D eigenvalue weighted by Crippen LogP contribution is -2.31. The number of ether oxygens (including phenoxy) is 1. The first-order valence-electron chi connectivity index (χ1n) is 5.88. The summed E-state index contributed by atoms with van der Waals surface area (Å²) in [5.41, 5.74) is 2.06. The van der Waals surface area contributed by atoms with Gasteiger partial charge in [-0.2, -0.15) is 0 Å². The van der Waals surface area contributed by atoms with Crippen molar-refractivity contribution in [2.45, 2.75) is 32.1 Å². The Morgan fingerprint density at radius 1 is 1.50 bits per heavy atom. The van der Waals surface area contributed by atoms with Gasteiger partial charge in [0.15, 0.2) is 0 Å². The zero-order chi connectivity index (χ0) is 11.8. The molecule has 1 rings (SSSR count). The second kappa shape index (κ2) is 7.62. The number of hydrogen-bond donors (Lipinski definition) is 3. The fourth-order valence-corrected chi connectivity index (χ4v) is 1.73. The molecule has 16 heavy (non-hydrogen) atoms. The summed E-state index contributed by atoms with van der Waals surface area (Å²) in [5, 5.41) is 11.5. The lowest BCUT2D eigenvalue weighted by Gasteiger charge is -2.19. The smallest absolute Gasteiger partial charge is 0.127 e. The first-order chi connectivity index (χ1) is 7.76. The fraction of sp³-hybridized carbons (Fsp3) is 0.818. The van der Waals surface area contributed by atoms with E-state index in [9.17, 15) is 0 Å². The number of rotatable bonds is 7. The van der Waals surface area contributed by atoms with Crippen LogP contribution in [0.5, 0.6) is 0 Å². The van der Waals surface area contributed by atoms with Gasteiger partial charge >= 0.3 is 0 Å². The van der Waals surface area contributed by atoms with E-state index in [1.165, 1.54) is 0 Å². The van der Waals surface area contributed by atoms with E-state index in [1.807, 2.05) is 12.3 Å². The van der Waals surface area contributed by atoms with Crippen LogP contribution in [-0.2, 0) is 4.74 Å². The standard InChI is InChI=1S/C11H23N3O2/c1-3-14(2)9-10-5-6-11(16-10)12-7-4-8-13-15/h4,7,10-13,15H,3,5-6,8-9H2,1-2H3/b7-4-. The van der Waals surface area contributed by atoms with Crippen LogP contribution in [0.4, 0.5) is 0 Å². The Hall–Kier alpha value is -0.620. The Labute approximate surface area is 97.4 Å². The van der Waals surface area contributed by atoms with E-state index in [0.717, 1.165) is 25.9 Å². The molecule has 5 nitrogen and oxygen atoms in total. The maximum absolute atomic E-state index is 8.36. The first kappa shape index (κ1) is 13.4. The Morgan fingerprint density at radius 3 is 3.00 bits per heavy atom. The van der Waals surface area contributed by atoms with Crippen LogP contribution < -0.4 is 10.8 Å². The minimum atomic E-state index is 0.116. The van der Waals surface area contributed by atoms with Gasteiger partial charge in [-0.05, 0) is 32.6 Å². The van der Waals surface area contributed by atoms with Crippen molar-refractivity contribution in [1.82, 2.24) is 15.7 Å². The van der Waals surface area contributed by atoms with Crippen molar-refractivity contribution in [2.24, 2.45) is 0 Å². The van der Waals surface area contributed by atoms with Crippen molar-refractivity contribution in [3.8, 4) is 0 Å². The molecule has 94 valence electrons. The lowest BCUT2D eigenvalue weighted by molar-refractivity contribution is 0.0184. The van der Waals surface area contributed by atoms with Gasteiger partial charge < -0.3 is 20.2 Å². The predicted octanol–water partition coefficient (Wildman–Crippen LogP) is 0.525. The van der Waals surface area contributed by atoms with Gasteiger partial charge in [0.1, 0.15) is 6.23 Å². The number of likely N-dealkylation sites (N-methyl/N-ethyl adjacent to an activating group) is 1. The largest absolute Gasteiger partial charge is 0.366 e. The van der Waals surface area contributed by atoms with Crippen molar-refractivity contribution in [1.29, 1.82) is 0 Å². The molecule has 1 heterocycles. The lowest BCUT2D eigenvalue weighted by atomic mass is 10.2. The van der Waals surface area contributed by atoms with E-state index >= 15 is 0 Å². The number of hydrogen-bond acceptors (Lipinski definition) is 5. The van der Waals surface area contributed by atoms with Gasteiger partial charge in [-0.15, -0.1) is 0 Å². The maximum atomic E-state index is 8.36. The first-order valence-corrected chi connectivity index (χ1v) is 5.88. The van der Waals surface area contributed by atoms with E-state index in [0.29, 0.717) is 12.6 Å². The molecule has 0 radical (unpaired) electrons. The van der Waals surface area contributed by atoms with Crippen molar-refractivity contribution < 1.29 is 9.94 Å². The molecule has 1 aliphatic heterocycles. The summed E-state index contributed by atoms with van der Waals surface area (Å²) < 4.78 is 5.83. The maximum Gasteiger partial charge on any atom is 0.127 e. The van der Waals surface area contributed by atoms with Crippen LogP contribution in [0.3, 0.4) is 0 Å². The summed E-state index contributed by atoms with van der Waals surface area (Å²) in [6.07, 6.45) is 6.24. The molecule has 0 aliphatic carbocycles. The number of nitrogens with one attached hydrogen (secondary N) is 2. The fourth-order valence-electron chi connectivity index (χ4n) is 1.73. The summed E-state index contributed by atoms with van der Waals surface area (Å²) >= 11 is 0. The zero-order valence-corrected chi connectivity index (χ0v) is 10.1. The third kappa shape index (κ3) is 4.94. The molecule has 1 aliphatic rings. The number of nitrogens with zero attached hydrogens (tertiary/aromatic N) is 1. The van der Waals surface area contributed by atoms with E-state index in [2.05, 4.69) is 29.7 Å². The van der Waals surface area contributed by atoms with Crippen LogP contribution in [0.25, 0.3) is 0 Å². The minimum Gasteiger partial charge on any atom is -0.366 e. The average Bonchev–Trinajstić information content (AvgIpc) is 2.72. The summed E-state index contributed by atoms with van der Waals surface area (Å²) in [6.45, 7) is 4.65. The highest BCUT2D eigenvalue weighted by Gasteiger charge is 2.24. The number of hydroxylamine groups is 1. The van der Waals surface area contributed by atoms with Gasteiger partial charge in [-0.25, -0.2) is 5.48 Å². The molecule has 1 saturated heterocycles. The molecular weight excluding hydrogens is 206 g/mol. The van der Waals surface area contributed by atoms with E-state index in [-0.39, 0.29) is 6.23 Å². The van der Waals surface area contributed by atoms with Crippen molar-refractivity contribution in [3.63, 3.8) is 0 Å². The van der Waals surface area contributed by atoms with Crippen LogP contribution in [0, 0.1) is 0 Å². The molecule has 2 atom stereocenters. The molecule has 0 aromatic heterocycles. The second-order valence-corrected chi connectivity index (χ2v) is 4.11. The van der Waals surface area contributed by atoms with Gasteiger partial charge in [0.2, 0.25) is 0 Å². The van der Waals surface area contributed by atoms with E-state index in [4.69, 9.17) is 9.94 Å². The van der Waals surface area contributed by atoms with Crippen LogP contribution >= 0.6 is 0 Å². The summed E-state index contributed by atoms with van der Waals surface area (Å²) in [5.74, 6) is 0. The SMILES string of the molecule is CCN(C)CC1CCC(N/C=C\CNO)O1. The highest BCUT2D eigenvalue weighted by atomic mass is 16.5. The van der Waals surface area contributed by atoms with Crippen molar-refractivity contribution in [2.75, 3.05) is 26.7 Å². The Morgan fingerprint density at radius 2 is 2.31 bits per heavy atom. The molecule has 3 N–H and O–H groups in total. The van der Waals surface area contributed by atoms with Crippen LogP contribution in [-0.4, -0.2) is 49.1 Å². The molecule has 0 aromatic carbocycles. The minimum absolute atomic E-state index is 0.116. The van der Waals surface area contributed by atoms with Gasteiger partial charge in [0.05, 0.1) is 6.10 Å². The van der Waals surface area contributed by atoms with Crippen LogP contribution in [0.15, 0.2) is 12.3 Å². The molecule has 2 unspecified atom stereocenters. The third-order valence-corrected chi connectivity index (χ3v) is 2.77. The van der Waals surface area contributed by atoms with Crippen molar-refractivity contribution in [3.05, 3.63) is 12.3 Å². The summed E-state index contributed by atoms with van der Waals surface area (Å²) in [4.78, 5) is 2.26. The highest BCUT2D eigenvalue weighted by molar-refractivity contribution is 4.84. The van der Waals surface area contributed by atoms with Crippen LogP contribution in [0.2, 0.25) is 0 Å². The molecule has 0 bridgehead atoms. The quantitative estimate of drug-likeness (QED) is 0.556. The monoisotopic (exact) mass is 229 g/mol. The van der Waals surface area contributed by atoms with E-state index in [1.54, 1.807) is 0 Å². The zero-order valence-electron chi connectivity index (χ0n) is 10.1. The van der Waals surface area contributed by atoms with Crippen LogP contribution in [0.1, 0.15) is 19.8 Å². The van der Waals surface area contributed by atoms with E-state index < -0.39 is 0 Å². The molecule has 0 spiro atoms. The summed E-state index contributed by atoms with van der Waals surface area (Å²) in [6, 6.07) is 0. The molecule has 5 heteroatoms. The molecule has 0 aromatic rings. The molecular formula is C11H23N3O2. The Balaban J connectivity index is 2.14.